The summed E-state index contributed by atoms with van der Waals surface area (Å²) in [5, 5.41) is 5.79. The van der Waals surface area contributed by atoms with Gasteiger partial charge in [-0.25, -0.2) is 0 Å². The van der Waals surface area contributed by atoms with Crippen molar-refractivity contribution in [3.63, 3.8) is 0 Å². The maximum atomic E-state index is 4.81. The second kappa shape index (κ2) is 7.36. The highest BCUT2D eigenvalue weighted by Gasteiger charge is 2.20. The first-order chi connectivity index (χ1) is 12.4. The van der Waals surface area contributed by atoms with Crippen LogP contribution >= 0.6 is 11.8 Å². The van der Waals surface area contributed by atoms with Crippen LogP contribution in [0.1, 0.15) is 5.56 Å². The average Bonchev–Trinajstić information content (AvgIpc) is 3.13. The van der Waals surface area contributed by atoms with E-state index >= 15 is 0 Å². The number of hydrogen-bond donors (Lipinski definition) is 0. The third-order valence-electron chi connectivity index (χ3n) is 3.89. The first-order valence-electron chi connectivity index (χ1n) is 8.19. The summed E-state index contributed by atoms with van der Waals surface area (Å²) < 4.78 is 4.07. The van der Waals surface area contributed by atoms with Crippen molar-refractivity contribution in [1.29, 1.82) is 0 Å². The molecule has 0 bridgehead atoms. The van der Waals surface area contributed by atoms with E-state index in [2.05, 4.69) is 53.1 Å². The summed E-state index contributed by atoms with van der Waals surface area (Å²) in [5.41, 5.74) is 3.46. The lowest BCUT2D eigenvalue weighted by Gasteiger charge is -2.00. The fraction of sp³-hybridized carbons (Fsp3) is 0.0476. The van der Waals surface area contributed by atoms with Gasteiger partial charge in [0.1, 0.15) is 11.4 Å². The summed E-state index contributed by atoms with van der Waals surface area (Å²) >= 11 is 1.74. The number of nitrogens with zero attached hydrogens (tertiary/aromatic N) is 3. The number of rotatable bonds is 5. The van der Waals surface area contributed by atoms with Crippen LogP contribution in [0.2, 0.25) is 0 Å². The van der Waals surface area contributed by atoms with Gasteiger partial charge in [-0.15, -0.1) is 0 Å². The average molecular weight is 344 g/mol. The summed E-state index contributed by atoms with van der Waals surface area (Å²) in [4.78, 5) is 0. The predicted octanol–water partition coefficient (Wildman–Crippen LogP) is 4.44. The van der Waals surface area contributed by atoms with Crippen LogP contribution in [0.4, 0.5) is 0 Å². The molecule has 0 fully saturated rings. The Balaban J connectivity index is 1.69. The topological polar surface area (TPSA) is 21.7 Å². The van der Waals surface area contributed by atoms with Crippen molar-refractivity contribution in [2.24, 2.45) is 0 Å². The smallest absolute Gasteiger partial charge is 0.191 e. The molecule has 0 amide bonds. The van der Waals surface area contributed by atoms with Crippen molar-refractivity contribution in [3.05, 3.63) is 103 Å². The van der Waals surface area contributed by atoms with Gasteiger partial charge in [-0.2, -0.15) is 4.57 Å². The lowest BCUT2D eigenvalue weighted by Crippen LogP contribution is -2.30. The zero-order valence-electron chi connectivity index (χ0n) is 13.7. The molecule has 1 heterocycles. The molecule has 4 rings (SSSR count). The van der Waals surface area contributed by atoms with E-state index in [-0.39, 0.29) is 0 Å². The summed E-state index contributed by atoms with van der Waals surface area (Å²) in [6, 6.07) is 31.0. The first-order valence-corrected chi connectivity index (χ1v) is 9.17. The van der Waals surface area contributed by atoms with Gasteiger partial charge < -0.3 is 0 Å². The Kier molecular flexibility index (Phi) is 4.61. The van der Waals surface area contributed by atoms with Crippen LogP contribution in [0.25, 0.3) is 11.4 Å². The van der Waals surface area contributed by atoms with Crippen molar-refractivity contribution < 1.29 is 4.57 Å². The largest absolute Gasteiger partial charge is 0.342 e. The number of thioether (sulfide) groups is 1. The summed E-state index contributed by atoms with van der Waals surface area (Å²) in [7, 11) is 0. The lowest BCUT2D eigenvalue weighted by atomic mass is 10.2. The van der Waals surface area contributed by atoms with Gasteiger partial charge >= 0.3 is 5.16 Å². The van der Waals surface area contributed by atoms with Crippen molar-refractivity contribution in [3.8, 4) is 11.4 Å². The second-order valence-electron chi connectivity index (χ2n) is 5.66. The summed E-state index contributed by atoms with van der Waals surface area (Å²) in [6.45, 7) is 0. The van der Waals surface area contributed by atoms with Crippen molar-refractivity contribution in [1.82, 2.24) is 9.78 Å². The molecule has 0 aliphatic heterocycles. The standard InChI is InChI=1S/C21H18N3S/c1-4-10-18(11-5-1)16-25-21-22-24(20-14-8-3-9-15-20)17-23(21)19-12-6-2-7-13-19/h1-15,17H,16H2/q+1. The van der Waals surface area contributed by atoms with Crippen molar-refractivity contribution >= 4 is 11.8 Å². The minimum Gasteiger partial charge on any atom is -0.191 e. The van der Waals surface area contributed by atoms with Gasteiger partial charge in [-0.3, -0.25) is 0 Å². The molecule has 0 saturated carbocycles. The van der Waals surface area contributed by atoms with E-state index in [1.165, 1.54) is 5.56 Å². The second-order valence-corrected chi connectivity index (χ2v) is 6.60. The molecule has 0 saturated heterocycles. The Hall–Kier alpha value is -2.85. The highest BCUT2D eigenvalue weighted by molar-refractivity contribution is 7.98. The maximum Gasteiger partial charge on any atom is 0.342 e. The van der Waals surface area contributed by atoms with E-state index in [1.54, 1.807) is 11.8 Å². The third-order valence-corrected chi connectivity index (χ3v) is 4.90. The Morgan fingerprint density at radius 2 is 1.36 bits per heavy atom. The van der Waals surface area contributed by atoms with Crippen LogP contribution in [-0.2, 0) is 5.75 Å². The van der Waals surface area contributed by atoms with E-state index in [0.29, 0.717) is 0 Å². The highest BCUT2D eigenvalue weighted by atomic mass is 32.2. The van der Waals surface area contributed by atoms with Gasteiger partial charge in [-0.05, 0) is 41.6 Å². The molecule has 1 aromatic heterocycles. The van der Waals surface area contributed by atoms with Crippen LogP contribution < -0.4 is 4.57 Å². The zero-order chi connectivity index (χ0) is 16.9. The number of para-hydroxylation sites is 2. The molecule has 0 aliphatic carbocycles. The van der Waals surface area contributed by atoms with E-state index in [0.717, 1.165) is 22.3 Å². The van der Waals surface area contributed by atoms with Gasteiger partial charge in [0, 0.05) is 5.75 Å². The lowest BCUT2D eigenvalue weighted by molar-refractivity contribution is -0.636. The molecule has 122 valence electrons. The van der Waals surface area contributed by atoms with E-state index in [1.807, 2.05) is 53.5 Å². The van der Waals surface area contributed by atoms with Crippen LogP contribution in [0.15, 0.2) is 102 Å². The van der Waals surface area contributed by atoms with Crippen LogP contribution in [0, 0.1) is 0 Å². The number of benzene rings is 3. The van der Waals surface area contributed by atoms with Crippen LogP contribution in [-0.4, -0.2) is 9.78 Å². The Morgan fingerprint density at radius 3 is 2.04 bits per heavy atom. The fourth-order valence-electron chi connectivity index (χ4n) is 2.62. The summed E-state index contributed by atoms with van der Waals surface area (Å²) in [5.74, 6) is 0.888. The van der Waals surface area contributed by atoms with E-state index in [4.69, 9.17) is 5.10 Å². The number of hydrogen-bond acceptors (Lipinski definition) is 2. The zero-order valence-corrected chi connectivity index (χ0v) is 14.5. The maximum absolute atomic E-state index is 4.81. The van der Waals surface area contributed by atoms with Crippen molar-refractivity contribution in [2.75, 3.05) is 0 Å². The van der Waals surface area contributed by atoms with Gasteiger partial charge in [0.2, 0.25) is 6.33 Å². The van der Waals surface area contributed by atoms with Crippen LogP contribution in [0.3, 0.4) is 0 Å². The van der Waals surface area contributed by atoms with Gasteiger partial charge in [0.25, 0.3) is 0 Å². The van der Waals surface area contributed by atoms with Gasteiger partial charge in [0.15, 0.2) is 0 Å². The molecule has 0 radical (unpaired) electrons. The monoisotopic (exact) mass is 344 g/mol. The molecule has 4 heteroatoms. The first kappa shape index (κ1) is 15.7. The molecular formula is C21H18N3S+. The minimum absolute atomic E-state index is 0.888. The Morgan fingerprint density at radius 1 is 0.760 bits per heavy atom. The molecule has 3 aromatic carbocycles. The van der Waals surface area contributed by atoms with Crippen molar-refractivity contribution in [2.45, 2.75) is 10.9 Å². The molecule has 4 aromatic rings. The van der Waals surface area contributed by atoms with Crippen LogP contribution in [0.5, 0.6) is 0 Å². The Labute approximate surface area is 151 Å². The molecule has 0 spiro atoms. The predicted molar refractivity (Wildman–Crippen MR) is 101 cm³/mol. The molecule has 0 unspecified atom stereocenters. The van der Waals surface area contributed by atoms with Gasteiger partial charge in [-0.1, -0.05) is 71.4 Å². The number of aromatic nitrogens is 3. The van der Waals surface area contributed by atoms with E-state index < -0.39 is 0 Å². The highest BCUT2D eigenvalue weighted by Crippen LogP contribution is 2.20. The molecule has 0 N–H and O–H groups in total. The minimum atomic E-state index is 0.888. The van der Waals surface area contributed by atoms with E-state index in [9.17, 15) is 0 Å². The molecule has 25 heavy (non-hydrogen) atoms. The quantitative estimate of drug-likeness (QED) is 0.394. The normalized spacial score (nSPS) is 10.7. The van der Waals surface area contributed by atoms with Gasteiger partial charge in [0.05, 0.1) is 5.10 Å². The Bertz CT molecular complexity index is 935. The SMILES string of the molecule is c1ccc(CSc2nn(-c3ccccc3)c[n+]2-c2ccccc2)cc1. The third kappa shape index (κ3) is 3.64. The molecular weight excluding hydrogens is 326 g/mol. The molecule has 0 atom stereocenters. The summed E-state index contributed by atoms with van der Waals surface area (Å²) in [6.07, 6.45) is 2.04. The molecule has 0 aliphatic rings. The molecule has 3 nitrogen and oxygen atoms in total. The fourth-order valence-corrected chi connectivity index (χ4v) is 3.54.